The molecular formula is C23H30N2O2. The molecule has 0 spiro atoms. The number of hydrogen-bond acceptors (Lipinski definition) is 2. The summed E-state index contributed by atoms with van der Waals surface area (Å²) < 4.78 is 0. The maximum atomic E-state index is 13.0. The van der Waals surface area contributed by atoms with E-state index in [0.717, 1.165) is 35.7 Å². The number of ketones is 1. The minimum absolute atomic E-state index is 0.0171. The van der Waals surface area contributed by atoms with E-state index in [1.54, 1.807) is 0 Å². The molecule has 2 aromatic rings. The van der Waals surface area contributed by atoms with Crippen molar-refractivity contribution in [3.63, 3.8) is 0 Å². The quantitative estimate of drug-likeness (QED) is 0.775. The summed E-state index contributed by atoms with van der Waals surface area (Å²) in [5.74, 6) is 0.147. The highest BCUT2D eigenvalue weighted by Crippen LogP contribution is 2.48. The van der Waals surface area contributed by atoms with Crippen LogP contribution >= 0.6 is 0 Å². The molecule has 1 fully saturated rings. The van der Waals surface area contributed by atoms with Gasteiger partial charge in [0.25, 0.3) is 5.91 Å². The number of hydrogen-bond donors (Lipinski definition) is 2. The molecule has 1 amide bonds. The molecule has 0 atom stereocenters. The Balaban J connectivity index is 1.78. The van der Waals surface area contributed by atoms with Crippen LogP contribution in [0.25, 0.3) is 10.9 Å². The average Bonchev–Trinajstić information content (AvgIpc) is 3.15. The van der Waals surface area contributed by atoms with E-state index in [1.807, 2.05) is 32.0 Å². The van der Waals surface area contributed by atoms with Crippen LogP contribution in [0.5, 0.6) is 0 Å². The Hall–Kier alpha value is -2.10. The molecule has 27 heavy (non-hydrogen) atoms. The van der Waals surface area contributed by atoms with Crippen molar-refractivity contribution in [3.05, 3.63) is 35.0 Å². The number of rotatable bonds is 2. The van der Waals surface area contributed by atoms with Gasteiger partial charge in [-0.15, -0.1) is 0 Å². The molecule has 1 saturated carbocycles. The van der Waals surface area contributed by atoms with E-state index in [1.165, 1.54) is 12.8 Å². The lowest BCUT2D eigenvalue weighted by Gasteiger charge is -2.39. The largest absolute Gasteiger partial charge is 0.352 e. The number of fused-ring (bicyclic) bond motifs is 3. The molecule has 2 aliphatic rings. The van der Waals surface area contributed by atoms with E-state index in [9.17, 15) is 9.59 Å². The second-order valence-electron chi connectivity index (χ2n) is 10.1. The third kappa shape index (κ3) is 2.90. The normalized spacial score (nSPS) is 22.6. The molecule has 0 unspecified atom stereocenters. The van der Waals surface area contributed by atoms with Gasteiger partial charge >= 0.3 is 0 Å². The van der Waals surface area contributed by atoms with Gasteiger partial charge < -0.3 is 10.3 Å². The van der Waals surface area contributed by atoms with E-state index in [0.29, 0.717) is 11.3 Å². The summed E-state index contributed by atoms with van der Waals surface area (Å²) in [6.07, 6.45) is 5.22. The van der Waals surface area contributed by atoms with Gasteiger partial charge in [0.1, 0.15) is 0 Å². The lowest BCUT2D eigenvalue weighted by molar-refractivity contribution is 0.0759. The summed E-state index contributed by atoms with van der Waals surface area (Å²) in [5.41, 5.74) is 2.78. The van der Waals surface area contributed by atoms with E-state index in [2.05, 4.69) is 31.1 Å². The third-order valence-electron chi connectivity index (χ3n) is 6.59. The second kappa shape index (κ2) is 5.70. The molecule has 1 aromatic heterocycles. The smallest absolute Gasteiger partial charge is 0.251 e. The first kappa shape index (κ1) is 18.3. The lowest BCUT2D eigenvalue weighted by Crippen LogP contribution is -2.43. The summed E-state index contributed by atoms with van der Waals surface area (Å²) in [6, 6.07) is 5.77. The van der Waals surface area contributed by atoms with Crippen LogP contribution in [-0.4, -0.2) is 22.2 Å². The van der Waals surface area contributed by atoms with Gasteiger partial charge in [-0.2, -0.15) is 0 Å². The van der Waals surface area contributed by atoms with E-state index >= 15 is 0 Å². The van der Waals surface area contributed by atoms with E-state index < -0.39 is 0 Å². The highest BCUT2D eigenvalue weighted by Gasteiger charge is 2.45. The highest BCUT2D eigenvalue weighted by atomic mass is 16.2. The molecule has 4 heteroatoms. The van der Waals surface area contributed by atoms with Crippen LogP contribution in [0, 0.1) is 5.41 Å². The van der Waals surface area contributed by atoms with Crippen LogP contribution in [0.1, 0.15) is 93.1 Å². The van der Waals surface area contributed by atoms with Gasteiger partial charge in [-0.3, -0.25) is 9.59 Å². The molecular weight excluding hydrogens is 336 g/mol. The predicted molar refractivity (Wildman–Crippen MR) is 108 cm³/mol. The first-order chi connectivity index (χ1) is 12.5. The number of aromatic nitrogens is 1. The number of carbonyl (C=O) groups is 2. The van der Waals surface area contributed by atoms with Crippen LogP contribution in [0.4, 0.5) is 0 Å². The predicted octanol–water partition coefficient (Wildman–Crippen LogP) is 5.12. The number of H-pyrrole nitrogens is 1. The van der Waals surface area contributed by atoms with Gasteiger partial charge in [0.05, 0.1) is 5.69 Å². The van der Waals surface area contributed by atoms with Crippen LogP contribution in [0.15, 0.2) is 18.2 Å². The SMILES string of the molecule is CC1(NC(=O)c2ccc3[nH]c4c(c3c2)C(C)(C)CC(C)(C)C4=O)CCCC1. The molecule has 0 radical (unpaired) electrons. The fourth-order valence-corrected chi connectivity index (χ4v) is 5.44. The van der Waals surface area contributed by atoms with Gasteiger partial charge in [-0.1, -0.05) is 40.5 Å². The minimum atomic E-state index is -0.380. The van der Waals surface area contributed by atoms with E-state index in [4.69, 9.17) is 0 Å². The monoisotopic (exact) mass is 366 g/mol. The molecule has 144 valence electrons. The van der Waals surface area contributed by atoms with Crippen molar-refractivity contribution in [2.24, 2.45) is 5.41 Å². The zero-order valence-corrected chi connectivity index (χ0v) is 17.1. The fraction of sp³-hybridized carbons (Fsp3) is 0.565. The van der Waals surface area contributed by atoms with Crippen LogP contribution < -0.4 is 5.32 Å². The van der Waals surface area contributed by atoms with Crippen molar-refractivity contribution in [2.45, 2.75) is 77.7 Å². The Bertz CT molecular complexity index is 943. The first-order valence-corrected chi connectivity index (χ1v) is 10.1. The van der Waals surface area contributed by atoms with Gasteiger partial charge in [0.2, 0.25) is 0 Å². The standard InChI is InChI=1S/C23H30N2O2/c1-21(2)13-22(3,4)19(26)18-17(21)15-12-14(8-9-16(15)24-18)20(27)25-23(5)10-6-7-11-23/h8-9,12,24H,6-7,10-11,13H2,1-5H3,(H,25,27). The van der Waals surface area contributed by atoms with E-state index in [-0.39, 0.29) is 28.1 Å². The maximum Gasteiger partial charge on any atom is 0.251 e. The zero-order chi connectivity index (χ0) is 19.6. The van der Waals surface area contributed by atoms with Crippen LogP contribution in [-0.2, 0) is 5.41 Å². The molecule has 2 N–H and O–H groups in total. The lowest BCUT2D eigenvalue weighted by atomic mass is 9.63. The van der Waals surface area contributed by atoms with Crippen molar-refractivity contribution in [1.82, 2.24) is 10.3 Å². The molecule has 4 rings (SSSR count). The Morgan fingerprint density at radius 1 is 1.04 bits per heavy atom. The van der Waals surface area contributed by atoms with Gasteiger partial charge in [-0.25, -0.2) is 0 Å². The van der Waals surface area contributed by atoms with Crippen LogP contribution in [0.3, 0.4) is 0 Å². The van der Waals surface area contributed by atoms with Crippen molar-refractivity contribution in [3.8, 4) is 0 Å². The molecule has 2 aliphatic carbocycles. The van der Waals surface area contributed by atoms with Gasteiger partial charge in [0, 0.05) is 27.4 Å². The number of nitrogens with one attached hydrogen (secondary N) is 2. The molecule has 1 aromatic carbocycles. The summed E-state index contributed by atoms with van der Waals surface area (Å²) in [4.78, 5) is 29.2. The average molecular weight is 367 g/mol. The molecule has 0 bridgehead atoms. The van der Waals surface area contributed by atoms with Gasteiger partial charge in [-0.05, 0) is 55.4 Å². The summed E-state index contributed by atoms with van der Waals surface area (Å²) in [6.45, 7) is 10.6. The number of aromatic amines is 1. The highest BCUT2D eigenvalue weighted by molar-refractivity contribution is 6.08. The Kier molecular flexibility index (Phi) is 3.86. The summed E-state index contributed by atoms with van der Waals surface area (Å²) in [7, 11) is 0. The second-order valence-corrected chi connectivity index (χ2v) is 10.1. The van der Waals surface area contributed by atoms with Crippen molar-refractivity contribution < 1.29 is 9.59 Å². The summed E-state index contributed by atoms with van der Waals surface area (Å²) >= 11 is 0. The molecule has 4 nitrogen and oxygen atoms in total. The topological polar surface area (TPSA) is 62.0 Å². The van der Waals surface area contributed by atoms with Crippen LogP contribution in [0.2, 0.25) is 0 Å². The Morgan fingerprint density at radius 2 is 1.70 bits per heavy atom. The number of carbonyl (C=O) groups excluding carboxylic acids is 2. The molecule has 0 saturated heterocycles. The molecule has 1 heterocycles. The fourth-order valence-electron chi connectivity index (χ4n) is 5.44. The first-order valence-electron chi connectivity index (χ1n) is 10.1. The number of Topliss-reactive ketones (excluding diaryl/α,β-unsaturated/α-hetero) is 1. The summed E-state index contributed by atoms with van der Waals surface area (Å²) in [5, 5.41) is 4.24. The van der Waals surface area contributed by atoms with Crippen molar-refractivity contribution >= 4 is 22.6 Å². The Labute approximate surface area is 161 Å². The Morgan fingerprint density at radius 3 is 2.37 bits per heavy atom. The minimum Gasteiger partial charge on any atom is -0.352 e. The van der Waals surface area contributed by atoms with Gasteiger partial charge in [0.15, 0.2) is 5.78 Å². The molecule has 0 aliphatic heterocycles. The zero-order valence-electron chi connectivity index (χ0n) is 17.1. The maximum absolute atomic E-state index is 13.0. The van der Waals surface area contributed by atoms with Crippen molar-refractivity contribution in [2.75, 3.05) is 0 Å². The van der Waals surface area contributed by atoms with Crippen molar-refractivity contribution in [1.29, 1.82) is 0 Å². The third-order valence-corrected chi connectivity index (χ3v) is 6.59. The number of amides is 1. The number of benzene rings is 1.